The van der Waals surface area contributed by atoms with Crippen molar-refractivity contribution in [1.82, 2.24) is 0 Å². The molecule has 0 aromatic rings. The maximum Gasteiger partial charge on any atom is 0.335 e. The number of carboxylic acids is 1. The van der Waals surface area contributed by atoms with Gasteiger partial charge < -0.3 is 89.7 Å². The minimum atomic E-state index is -1.85. The summed E-state index contributed by atoms with van der Waals surface area (Å²) in [5.41, 5.74) is -1.57. The molecule has 5 aliphatic carbocycles. The van der Waals surface area contributed by atoms with E-state index in [1.54, 1.807) is 0 Å². The molecule has 66 heavy (non-hydrogen) atoms. The summed E-state index contributed by atoms with van der Waals surface area (Å²) in [5.74, 6) is -1.40. The van der Waals surface area contributed by atoms with E-state index in [1.807, 2.05) is 20.8 Å². The number of aliphatic carboxylic acids is 1. The lowest BCUT2D eigenvalue weighted by Crippen LogP contribution is -2.68. The lowest BCUT2D eigenvalue weighted by molar-refractivity contribution is -0.361. The van der Waals surface area contributed by atoms with E-state index in [2.05, 4.69) is 33.8 Å². The van der Waals surface area contributed by atoms with Crippen LogP contribution < -0.4 is 0 Å². The largest absolute Gasteiger partial charge is 0.479 e. The van der Waals surface area contributed by atoms with Gasteiger partial charge in [0, 0.05) is 10.8 Å². The van der Waals surface area contributed by atoms with Gasteiger partial charge in [0.15, 0.2) is 25.0 Å². The van der Waals surface area contributed by atoms with E-state index >= 15 is 0 Å². The summed E-state index contributed by atoms with van der Waals surface area (Å²) in [6.07, 6.45) is -17.1. The minimum absolute atomic E-state index is 0.0405. The number of rotatable bonds is 9. The Bertz CT molecular complexity index is 1820. The van der Waals surface area contributed by atoms with Crippen molar-refractivity contribution in [3.63, 3.8) is 0 Å². The molecule has 0 radical (unpaired) electrons. The van der Waals surface area contributed by atoms with Crippen LogP contribution in [0.15, 0.2) is 11.6 Å². The molecule has 0 aromatic heterocycles. The molecule has 3 heterocycles. The van der Waals surface area contributed by atoms with Gasteiger partial charge in [-0.15, -0.1) is 0 Å². The van der Waals surface area contributed by atoms with E-state index in [4.69, 9.17) is 28.4 Å². The fourth-order valence-corrected chi connectivity index (χ4v) is 15.0. The molecule has 0 amide bonds. The molecule has 7 fully saturated rings. The number of hydrogen-bond acceptors (Lipinski definition) is 18. The summed E-state index contributed by atoms with van der Waals surface area (Å²) in [6.45, 7) is 13.9. The van der Waals surface area contributed by atoms with E-state index in [0.717, 1.165) is 25.7 Å². The predicted molar refractivity (Wildman–Crippen MR) is 227 cm³/mol. The van der Waals surface area contributed by atoms with Crippen LogP contribution in [0.5, 0.6) is 0 Å². The van der Waals surface area contributed by atoms with Gasteiger partial charge in [0.25, 0.3) is 0 Å². The molecule has 19 nitrogen and oxygen atoms in total. The van der Waals surface area contributed by atoms with E-state index < -0.39 is 133 Å². The Morgan fingerprint density at radius 3 is 1.98 bits per heavy atom. The third-order valence-electron chi connectivity index (χ3n) is 19.4. The van der Waals surface area contributed by atoms with Crippen LogP contribution in [0.3, 0.4) is 0 Å². The molecule has 4 saturated carbocycles. The number of ether oxygens (including phenoxy) is 6. The number of carboxylic acid groups (broad SMARTS) is 1. The summed E-state index contributed by atoms with van der Waals surface area (Å²) in [6, 6.07) is 0. The highest BCUT2D eigenvalue weighted by molar-refractivity contribution is 5.73. The quantitative estimate of drug-likeness (QED) is 0.100. The van der Waals surface area contributed by atoms with E-state index in [-0.39, 0.29) is 47.2 Å². The molecule has 3 saturated heterocycles. The van der Waals surface area contributed by atoms with Crippen molar-refractivity contribution in [3.8, 4) is 0 Å². The Morgan fingerprint density at radius 1 is 0.697 bits per heavy atom. The molecular formula is C47H76O19. The Morgan fingerprint density at radius 2 is 1.35 bits per heavy atom. The maximum absolute atomic E-state index is 12.2. The van der Waals surface area contributed by atoms with Gasteiger partial charge in [0.2, 0.25) is 0 Å². The minimum Gasteiger partial charge on any atom is -0.479 e. The fraction of sp³-hybridized carbons (Fsp3) is 0.936. The predicted octanol–water partition coefficient (Wildman–Crippen LogP) is -0.713. The Hall–Kier alpha value is -1.47. The highest BCUT2D eigenvalue weighted by Gasteiger charge is 2.71. The van der Waals surface area contributed by atoms with Gasteiger partial charge in [-0.1, -0.05) is 60.1 Å². The third-order valence-corrected chi connectivity index (χ3v) is 19.4. The summed E-state index contributed by atoms with van der Waals surface area (Å²) in [7, 11) is 0. The first-order chi connectivity index (χ1) is 30.7. The maximum atomic E-state index is 12.2. The SMILES string of the molecule is CC1(C)C[C@H]2C3=CC[C@@H]4[C@@]5(C)CC[C@@H](O[C@@H]6O[C@H](C(=O)O)[C@@H](O)[C@H](O)[C@@H]6O)[C@](C)(CO)[C@@H]5CC[C@@]4(C)[C@]3(C)CC[C@@]2(C)[C@H](O[C@@H]2OC[C@@H](O)[C@@H](O[C@H]3O[C@H](CO)[C@@H](O)[C@H](O)[C@H]3O)[C@@H]2O)[C@@H]1O. The average Bonchev–Trinajstić information content (AvgIpc) is 3.26. The molecule has 8 aliphatic rings. The number of aliphatic hydroxyl groups is 11. The van der Waals surface area contributed by atoms with Gasteiger partial charge in [-0.25, -0.2) is 4.79 Å². The lowest BCUT2D eigenvalue weighted by atomic mass is 9.33. The Kier molecular flexibility index (Phi) is 13.6. The second-order valence-electron chi connectivity index (χ2n) is 23.2. The van der Waals surface area contributed by atoms with Gasteiger partial charge in [0.05, 0.1) is 38.1 Å². The Balaban J connectivity index is 1.04. The lowest BCUT2D eigenvalue weighted by Gasteiger charge is -2.72. The van der Waals surface area contributed by atoms with Crippen LogP contribution in [0.1, 0.15) is 99.8 Å². The second-order valence-corrected chi connectivity index (χ2v) is 23.2. The number of aliphatic hydroxyl groups excluding tert-OH is 11. The number of allylic oxidation sites excluding steroid dienone is 2. The molecule has 0 spiro atoms. The molecule has 25 atom stereocenters. The van der Waals surface area contributed by atoms with Gasteiger partial charge in [-0.3, -0.25) is 0 Å². The number of hydrogen-bond donors (Lipinski definition) is 12. The number of carbonyl (C=O) groups is 1. The van der Waals surface area contributed by atoms with Crippen LogP contribution in [0.25, 0.3) is 0 Å². The van der Waals surface area contributed by atoms with Crippen LogP contribution in [0.2, 0.25) is 0 Å². The van der Waals surface area contributed by atoms with Gasteiger partial charge in [-0.05, 0) is 90.8 Å². The molecule has 378 valence electrons. The smallest absolute Gasteiger partial charge is 0.335 e. The first kappa shape index (κ1) is 50.9. The van der Waals surface area contributed by atoms with Gasteiger partial charge in [0.1, 0.15) is 61.0 Å². The monoisotopic (exact) mass is 944 g/mol. The molecule has 3 aliphatic heterocycles. The van der Waals surface area contributed by atoms with E-state index in [9.17, 15) is 66.1 Å². The first-order valence-electron chi connectivity index (χ1n) is 23.9. The Labute approximate surface area is 385 Å². The summed E-state index contributed by atoms with van der Waals surface area (Å²) in [5, 5.41) is 128. The topological polar surface area (TPSA) is 315 Å². The summed E-state index contributed by atoms with van der Waals surface area (Å²) in [4.78, 5) is 11.9. The molecule has 19 heteroatoms. The fourth-order valence-electron chi connectivity index (χ4n) is 15.0. The third kappa shape index (κ3) is 7.60. The summed E-state index contributed by atoms with van der Waals surface area (Å²) < 4.78 is 35.9. The molecule has 12 N–H and O–H groups in total. The van der Waals surface area contributed by atoms with Crippen molar-refractivity contribution >= 4 is 5.97 Å². The molecule has 8 rings (SSSR count). The normalized spacial score (nSPS) is 55.9. The van der Waals surface area contributed by atoms with E-state index in [0.29, 0.717) is 25.7 Å². The van der Waals surface area contributed by atoms with Gasteiger partial charge >= 0.3 is 5.97 Å². The van der Waals surface area contributed by atoms with Crippen LogP contribution in [-0.4, -0.2) is 191 Å². The zero-order valence-electron chi connectivity index (χ0n) is 39.1. The zero-order chi connectivity index (χ0) is 48.4. The van der Waals surface area contributed by atoms with E-state index in [1.165, 1.54) is 5.57 Å². The van der Waals surface area contributed by atoms with Crippen LogP contribution in [-0.2, 0) is 33.2 Å². The first-order valence-corrected chi connectivity index (χ1v) is 23.9. The van der Waals surface area contributed by atoms with Crippen LogP contribution >= 0.6 is 0 Å². The number of fused-ring (bicyclic) bond motifs is 7. The zero-order valence-corrected chi connectivity index (χ0v) is 39.1. The van der Waals surface area contributed by atoms with Crippen molar-refractivity contribution in [2.75, 3.05) is 19.8 Å². The van der Waals surface area contributed by atoms with Crippen molar-refractivity contribution in [2.24, 2.45) is 50.2 Å². The van der Waals surface area contributed by atoms with Crippen molar-refractivity contribution in [3.05, 3.63) is 11.6 Å². The molecule has 0 aromatic carbocycles. The average molecular weight is 945 g/mol. The van der Waals surface area contributed by atoms with Gasteiger partial charge in [-0.2, -0.15) is 0 Å². The highest BCUT2D eigenvalue weighted by atomic mass is 16.7. The van der Waals surface area contributed by atoms with Crippen molar-refractivity contribution < 1.29 is 94.5 Å². The van der Waals surface area contributed by atoms with Crippen LogP contribution in [0, 0.1) is 50.2 Å². The standard InChI is InChI=1S/C47H76O19/c1-42(2)16-21-20-8-9-25-44(4)12-11-26(63-41-32(56)29(53)30(54)35(65-41)38(59)60)45(5,19-49)24(44)10-13-47(25,7)46(20,6)15-14-43(21,3)37(36(42)58)66-39-33(57)34(22(50)18-61-39)64-40-31(55)28(52)27(51)23(17-48)62-40/h8,21-37,39-41,48-58H,9-19H2,1-7H3,(H,59,60)/t21-,22+,23+,24+,25+,26+,27+,28-,29-,30-,31+,32-,33-,34+,35-,36-,37+,39-,40+,41+,43+,44-,45+,46+,47+/m0/s1. The highest BCUT2D eigenvalue weighted by Crippen LogP contribution is 2.76. The van der Waals surface area contributed by atoms with Crippen LogP contribution in [0.4, 0.5) is 0 Å². The molecule has 0 unspecified atom stereocenters. The van der Waals surface area contributed by atoms with Crippen molar-refractivity contribution in [1.29, 1.82) is 0 Å². The molecule has 0 bridgehead atoms. The van der Waals surface area contributed by atoms with Crippen molar-refractivity contribution in [2.45, 2.75) is 204 Å². The second kappa shape index (κ2) is 17.7. The summed E-state index contributed by atoms with van der Waals surface area (Å²) >= 11 is 0. The molecular weight excluding hydrogens is 868 g/mol.